The highest BCUT2D eigenvalue weighted by molar-refractivity contribution is 7.80. The van der Waals surface area contributed by atoms with Crippen molar-refractivity contribution in [2.45, 2.75) is 86.7 Å². The van der Waals surface area contributed by atoms with Crippen LogP contribution in [0.15, 0.2) is 0 Å². The van der Waals surface area contributed by atoms with Gasteiger partial charge in [0.25, 0.3) is 0 Å². The molecule has 0 aromatic heterocycles. The lowest BCUT2D eigenvalue weighted by Crippen LogP contribution is -2.56. The summed E-state index contributed by atoms with van der Waals surface area (Å²) < 4.78 is 11.0. The largest absolute Gasteiger partial charge is 0.379 e. The van der Waals surface area contributed by atoms with Crippen LogP contribution in [0.2, 0.25) is 0 Å². The molecule has 6 N–H and O–H groups in total. The van der Waals surface area contributed by atoms with E-state index in [2.05, 4.69) is 21.3 Å². The van der Waals surface area contributed by atoms with Gasteiger partial charge in [-0.3, -0.25) is 14.4 Å². The second-order valence-corrected chi connectivity index (χ2v) is 12.3. The average molecular weight is 574 g/mol. The average Bonchev–Trinajstić information content (AvgIpc) is 2.80. The van der Waals surface area contributed by atoms with E-state index < -0.39 is 23.5 Å². The summed E-state index contributed by atoms with van der Waals surface area (Å²) in [5, 5.41) is 11.7. The molecule has 12 heteroatoms. The Morgan fingerprint density at radius 3 is 1.92 bits per heavy atom. The smallest absolute Gasteiger partial charge is 0.312 e. The van der Waals surface area contributed by atoms with E-state index in [1.807, 2.05) is 34.6 Å². The monoisotopic (exact) mass is 573 g/mol. The fourth-order valence-electron chi connectivity index (χ4n) is 3.40. The first-order valence-electron chi connectivity index (χ1n) is 13.6. The number of rotatable bonds is 18. The minimum atomic E-state index is -0.709. The first-order chi connectivity index (χ1) is 18.0. The summed E-state index contributed by atoms with van der Waals surface area (Å²) in [4.78, 5) is 48.9. The molecular formula is C27H51N5O6S. The van der Waals surface area contributed by atoms with Crippen LogP contribution in [0.4, 0.5) is 4.79 Å². The number of Topliss-reactive ketones (excluding diaryl/α,β-unsaturated/α-hetero) is 2. The topological polar surface area (TPSA) is 161 Å². The quantitative estimate of drug-likeness (QED) is 0.122. The lowest BCUT2D eigenvalue weighted by molar-refractivity contribution is -0.133. The molecule has 0 spiro atoms. The highest BCUT2D eigenvalue weighted by atomic mass is 32.1. The number of urea groups is 1. The molecule has 39 heavy (non-hydrogen) atoms. The van der Waals surface area contributed by atoms with Gasteiger partial charge in [-0.1, -0.05) is 55.4 Å². The molecule has 2 atom stereocenters. The van der Waals surface area contributed by atoms with Crippen LogP contribution in [0.25, 0.3) is 0 Å². The Labute approximate surface area is 239 Å². The van der Waals surface area contributed by atoms with Crippen LogP contribution in [0.3, 0.4) is 0 Å². The van der Waals surface area contributed by atoms with Gasteiger partial charge in [0.05, 0.1) is 32.5 Å². The van der Waals surface area contributed by atoms with E-state index in [0.29, 0.717) is 63.9 Å². The Kier molecular flexibility index (Phi) is 17.0. The molecule has 0 bridgehead atoms. The molecule has 2 unspecified atom stereocenters. The van der Waals surface area contributed by atoms with E-state index in [1.54, 1.807) is 20.8 Å². The lowest BCUT2D eigenvalue weighted by Gasteiger charge is -2.29. The maximum Gasteiger partial charge on any atom is 0.312 e. The van der Waals surface area contributed by atoms with Gasteiger partial charge in [-0.2, -0.15) is 0 Å². The van der Waals surface area contributed by atoms with Crippen LogP contribution in [-0.4, -0.2) is 80.2 Å². The first kappa shape index (κ1) is 36.7. The van der Waals surface area contributed by atoms with Gasteiger partial charge in [0.1, 0.15) is 11.8 Å². The summed E-state index contributed by atoms with van der Waals surface area (Å²) in [5.41, 5.74) is 4.09. The van der Waals surface area contributed by atoms with E-state index in [1.165, 1.54) is 0 Å². The molecule has 0 saturated heterocycles. The number of hydrogen-bond acceptors (Lipinski definition) is 7. The fourth-order valence-corrected chi connectivity index (χ4v) is 3.63. The number of hydrogen-bond donors (Lipinski definition) is 5. The van der Waals surface area contributed by atoms with Gasteiger partial charge in [-0.15, -0.1) is 0 Å². The van der Waals surface area contributed by atoms with Gasteiger partial charge in [-0.25, -0.2) is 4.79 Å². The number of ether oxygens (including phenoxy) is 2. The van der Waals surface area contributed by atoms with Gasteiger partial charge >= 0.3 is 6.03 Å². The molecule has 0 rings (SSSR count). The number of ketones is 2. The summed E-state index contributed by atoms with van der Waals surface area (Å²) in [6.45, 7) is 17.1. The van der Waals surface area contributed by atoms with E-state index in [-0.39, 0.29) is 28.8 Å². The van der Waals surface area contributed by atoms with Crippen molar-refractivity contribution in [3.8, 4) is 0 Å². The molecule has 0 radical (unpaired) electrons. The number of nitrogens with one attached hydrogen (secondary N) is 4. The Morgan fingerprint density at radius 2 is 1.41 bits per heavy atom. The number of amides is 3. The third-order valence-corrected chi connectivity index (χ3v) is 6.05. The molecule has 0 fully saturated rings. The minimum Gasteiger partial charge on any atom is -0.379 e. The second-order valence-electron chi connectivity index (χ2n) is 11.9. The molecule has 3 amide bonds. The Bertz CT molecular complexity index is 807. The number of thiocarbonyl (C=S) groups is 1. The molecule has 0 heterocycles. The fraction of sp³-hybridized carbons (Fsp3) is 0.815. The predicted octanol–water partition coefficient (Wildman–Crippen LogP) is 2.06. The van der Waals surface area contributed by atoms with Gasteiger partial charge in [0.15, 0.2) is 10.9 Å². The van der Waals surface area contributed by atoms with Crippen molar-refractivity contribution in [3.63, 3.8) is 0 Å². The normalized spacial score (nSPS) is 13.4. The van der Waals surface area contributed by atoms with E-state index in [4.69, 9.17) is 27.4 Å². The van der Waals surface area contributed by atoms with Gasteiger partial charge in [0.2, 0.25) is 5.91 Å². The molecular weight excluding hydrogens is 522 g/mol. The highest BCUT2D eigenvalue weighted by Gasteiger charge is 2.33. The first-order valence-corrected chi connectivity index (χ1v) is 14.0. The van der Waals surface area contributed by atoms with E-state index in [9.17, 15) is 19.2 Å². The van der Waals surface area contributed by atoms with Crippen LogP contribution in [0.5, 0.6) is 0 Å². The molecule has 0 saturated carbocycles. The van der Waals surface area contributed by atoms with Crippen molar-refractivity contribution < 1.29 is 28.7 Å². The lowest BCUT2D eigenvalue weighted by atomic mass is 9.84. The SMILES string of the molecule is CC(C)C(NC(=S)NCCOCCOCCC(=O)C(C)(C)C)C(=O)NC(CCCNC(N)=O)C(=O)C(C)(C)C. The number of primary amides is 1. The van der Waals surface area contributed by atoms with Crippen LogP contribution < -0.4 is 27.0 Å². The molecule has 0 aliphatic rings. The van der Waals surface area contributed by atoms with Crippen molar-refractivity contribution >= 4 is 40.8 Å². The molecule has 0 aliphatic heterocycles. The van der Waals surface area contributed by atoms with Crippen LogP contribution in [0.1, 0.15) is 74.7 Å². The third-order valence-electron chi connectivity index (χ3n) is 5.79. The van der Waals surface area contributed by atoms with Crippen molar-refractivity contribution in [2.75, 3.05) is 39.5 Å². The van der Waals surface area contributed by atoms with Gasteiger partial charge in [0, 0.05) is 30.3 Å². The summed E-state index contributed by atoms with van der Waals surface area (Å²) in [6.07, 6.45) is 1.23. The Hall–Kier alpha value is -2.31. The number of carbonyl (C=O) groups excluding carboxylic acids is 4. The zero-order valence-electron chi connectivity index (χ0n) is 25.0. The zero-order chi connectivity index (χ0) is 30.2. The van der Waals surface area contributed by atoms with E-state index in [0.717, 1.165) is 0 Å². The van der Waals surface area contributed by atoms with Crippen molar-refractivity contribution in [1.82, 2.24) is 21.3 Å². The maximum atomic E-state index is 13.1. The zero-order valence-corrected chi connectivity index (χ0v) is 25.8. The third kappa shape index (κ3) is 17.1. The van der Waals surface area contributed by atoms with Gasteiger partial charge in [-0.05, 0) is 31.0 Å². The molecule has 11 nitrogen and oxygen atoms in total. The van der Waals surface area contributed by atoms with Crippen LogP contribution in [-0.2, 0) is 23.9 Å². The molecule has 0 aromatic carbocycles. The summed E-state index contributed by atoms with van der Waals surface area (Å²) in [6, 6.07) is -2.00. The van der Waals surface area contributed by atoms with E-state index >= 15 is 0 Å². The Balaban J connectivity index is 4.59. The summed E-state index contributed by atoms with van der Waals surface area (Å²) >= 11 is 5.36. The van der Waals surface area contributed by atoms with Crippen molar-refractivity contribution in [1.29, 1.82) is 0 Å². The standard InChI is InChI=1S/C27H51N5O6S/c1-18(2)21(23(35)31-19(22(34)27(6,7)8)10-9-12-29-24(28)36)32-25(39)30-13-15-38-17-16-37-14-11-20(33)26(3,4)5/h18-19,21H,9-17H2,1-8H3,(H,31,35)(H3,28,29,36)(H2,30,32,39). The van der Waals surface area contributed by atoms with Gasteiger partial charge < -0.3 is 36.5 Å². The minimum absolute atomic E-state index is 0.0972. The number of nitrogens with two attached hydrogens (primary N) is 1. The molecule has 0 aliphatic carbocycles. The van der Waals surface area contributed by atoms with Crippen LogP contribution >= 0.6 is 12.2 Å². The summed E-state index contributed by atoms with van der Waals surface area (Å²) in [5.74, 6) is -0.376. The predicted molar refractivity (Wildman–Crippen MR) is 156 cm³/mol. The maximum absolute atomic E-state index is 13.1. The Morgan fingerprint density at radius 1 is 0.821 bits per heavy atom. The second kappa shape index (κ2) is 18.1. The van der Waals surface area contributed by atoms with Crippen molar-refractivity contribution in [2.24, 2.45) is 22.5 Å². The van der Waals surface area contributed by atoms with Crippen molar-refractivity contribution in [3.05, 3.63) is 0 Å². The molecule has 0 aromatic rings. The highest BCUT2D eigenvalue weighted by Crippen LogP contribution is 2.19. The summed E-state index contributed by atoms with van der Waals surface area (Å²) in [7, 11) is 0. The molecule has 226 valence electrons. The van der Waals surface area contributed by atoms with Crippen LogP contribution in [0, 0.1) is 16.7 Å². The number of carbonyl (C=O) groups is 4.